The summed E-state index contributed by atoms with van der Waals surface area (Å²) in [6.07, 6.45) is 9.67. The largest absolute Gasteiger partial charge is 0.311 e. The molecule has 0 bridgehead atoms. The number of hydrogen-bond acceptors (Lipinski definition) is 1. The summed E-state index contributed by atoms with van der Waals surface area (Å²) in [5.41, 5.74) is 0. The van der Waals surface area contributed by atoms with Gasteiger partial charge in [0.2, 0.25) is 0 Å². The Hall–Kier alpha value is -0.0400. The van der Waals surface area contributed by atoms with Gasteiger partial charge in [0.15, 0.2) is 0 Å². The van der Waals surface area contributed by atoms with Crippen LogP contribution in [-0.4, -0.2) is 12.1 Å². The van der Waals surface area contributed by atoms with Crippen molar-refractivity contribution >= 4 is 0 Å². The van der Waals surface area contributed by atoms with Crippen molar-refractivity contribution in [1.82, 2.24) is 5.32 Å². The average molecular weight is 225 g/mol. The van der Waals surface area contributed by atoms with E-state index in [0.717, 1.165) is 23.9 Å². The summed E-state index contributed by atoms with van der Waals surface area (Å²) in [7, 11) is 0. The highest BCUT2D eigenvalue weighted by Crippen LogP contribution is 2.30. The second-order valence-corrected chi connectivity index (χ2v) is 5.86. The van der Waals surface area contributed by atoms with Crippen LogP contribution in [0, 0.1) is 11.8 Å². The molecule has 1 aliphatic rings. The van der Waals surface area contributed by atoms with Crippen molar-refractivity contribution in [2.75, 3.05) is 0 Å². The molecule has 1 saturated carbocycles. The summed E-state index contributed by atoms with van der Waals surface area (Å²) < 4.78 is 0. The predicted octanol–water partition coefficient (Wildman–Crippen LogP) is 4.37. The lowest BCUT2D eigenvalue weighted by Crippen LogP contribution is -2.45. The Kier molecular flexibility index (Phi) is 6.41. The van der Waals surface area contributed by atoms with Gasteiger partial charge in [0.25, 0.3) is 0 Å². The molecular formula is C15H31N. The fourth-order valence-corrected chi connectivity index (χ4v) is 3.22. The minimum absolute atomic E-state index is 0.759. The zero-order valence-corrected chi connectivity index (χ0v) is 11.8. The summed E-state index contributed by atoms with van der Waals surface area (Å²) in [4.78, 5) is 0. The van der Waals surface area contributed by atoms with Gasteiger partial charge < -0.3 is 5.32 Å². The Morgan fingerprint density at radius 2 is 1.81 bits per heavy atom. The van der Waals surface area contributed by atoms with E-state index >= 15 is 0 Å². The molecular weight excluding hydrogens is 194 g/mol. The third-order valence-corrected chi connectivity index (χ3v) is 4.26. The van der Waals surface area contributed by atoms with Crippen LogP contribution in [0.15, 0.2) is 0 Å². The van der Waals surface area contributed by atoms with Crippen LogP contribution in [0.25, 0.3) is 0 Å². The van der Waals surface area contributed by atoms with Crippen LogP contribution in [0.3, 0.4) is 0 Å². The first-order valence-electron chi connectivity index (χ1n) is 7.45. The lowest BCUT2D eigenvalue weighted by molar-refractivity contribution is 0.188. The van der Waals surface area contributed by atoms with Gasteiger partial charge in [0, 0.05) is 12.1 Å². The molecule has 96 valence electrons. The molecule has 1 nitrogen and oxygen atoms in total. The van der Waals surface area contributed by atoms with E-state index in [1.165, 1.54) is 44.9 Å². The van der Waals surface area contributed by atoms with Gasteiger partial charge >= 0.3 is 0 Å². The zero-order chi connectivity index (χ0) is 12.0. The standard InChI is InChI=1S/C15H31N/c1-5-9-13(6-2)16-15-11-8-7-10-14(15)12(3)4/h12-16H,5-11H2,1-4H3. The first-order valence-corrected chi connectivity index (χ1v) is 7.45. The van der Waals surface area contributed by atoms with E-state index in [9.17, 15) is 0 Å². The first-order chi connectivity index (χ1) is 7.69. The number of hydrogen-bond donors (Lipinski definition) is 1. The molecule has 0 aromatic rings. The van der Waals surface area contributed by atoms with Gasteiger partial charge in [0.05, 0.1) is 0 Å². The van der Waals surface area contributed by atoms with Gasteiger partial charge in [-0.25, -0.2) is 0 Å². The van der Waals surface area contributed by atoms with Crippen LogP contribution in [0.5, 0.6) is 0 Å². The van der Waals surface area contributed by atoms with E-state index in [2.05, 4.69) is 33.0 Å². The lowest BCUT2D eigenvalue weighted by atomic mass is 9.77. The molecule has 0 spiro atoms. The SMILES string of the molecule is CCCC(CC)NC1CCCCC1C(C)C. The highest BCUT2D eigenvalue weighted by Gasteiger charge is 2.28. The quantitative estimate of drug-likeness (QED) is 0.708. The molecule has 1 heteroatoms. The van der Waals surface area contributed by atoms with Crippen LogP contribution < -0.4 is 5.32 Å². The molecule has 3 atom stereocenters. The Bertz CT molecular complexity index is 176. The fourth-order valence-electron chi connectivity index (χ4n) is 3.22. The maximum atomic E-state index is 3.94. The van der Waals surface area contributed by atoms with E-state index in [1.807, 2.05) is 0 Å². The van der Waals surface area contributed by atoms with Crippen molar-refractivity contribution < 1.29 is 0 Å². The monoisotopic (exact) mass is 225 g/mol. The third kappa shape index (κ3) is 4.08. The lowest BCUT2D eigenvalue weighted by Gasteiger charge is -2.37. The van der Waals surface area contributed by atoms with Crippen molar-refractivity contribution in [3.05, 3.63) is 0 Å². The molecule has 0 aliphatic heterocycles. The van der Waals surface area contributed by atoms with E-state index in [-0.39, 0.29) is 0 Å². The van der Waals surface area contributed by atoms with E-state index < -0.39 is 0 Å². The molecule has 1 fully saturated rings. The molecule has 1 aliphatic carbocycles. The van der Waals surface area contributed by atoms with Crippen LogP contribution >= 0.6 is 0 Å². The molecule has 0 aromatic heterocycles. The van der Waals surface area contributed by atoms with Gasteiger partial charge in [-0.1, -0.05) is 47.0 Å². The van der Waals surface area contributed by atoms with E-state index in [0.29, 0.717) is 0 Å². The maximum absolute atomic E-state index is 3.94. The summed E-state index contributed by atoms with van der Waals surface area (Å²) in [6, 6.07) is 1.56. The van der Waals surface area contributed by atoms with Crippen LogP contribution in [0.1, 0.15) is 72.6 Å². The summed E-state index contributed by atoms with van der Waals surface area (Å²) >= 11 is 0. The van der Waals surface area contributed by atoms with Crippen LogP contribution in [0.4, 0.5) is 0 Å². The van der Waals surface area contributed by atoms with Crippen molar-refractivity contribution in [2.24, 2.45) is 11.8 Å². The predicted molar refractivity (Wildman–Crippen MR) is 72.7 cm³/mol. The summed E-state index contributed by atoms with van der Waals surface area (Å²) in [5.74, 6) is 1.76. The van der Waals surface area contributed by atoms with Gasteiger partial charge in [0.1, 0.15) is 0 Å². The maximum Gasteiger partial charge on any atom is 0.0100 e. The van der Waals surface area contributed by atoms with Gasteiger partial charge in [-0.15, -0.1) is 0 Å². The van der Waals surface area contributed by atoms with E-state index in [1.54, 1.807) is 0 Å². The van der Waals surface area contributed by atoms with Crippen molar-refractivity contribution in [2.45, 2.75) is 84.7 Å². The molecule has 1 N–H and O–H groups in total. The number of nitrogens with one attached hydrogen (secondary N) is 1. The van der Waals surface area contributed by atoms with Gasteiger partial charge in [-0.3, -0.25) is 0 Å². The zero-order valence-electron chi connectivity index (χ0n) is 11.8. The highest BCUT2D eigenvalue weighted by atomic mass is 15.0. The minimum atomic E-state index is 0.759. The molecule has 0 radical (unpaired) electrons. The topological polar surface area (TPSA) is 12.0 Å². The van der Waals surface area contributed by atoms with E-state index in [4.69, 9.17) is 0 Å². The van der Waals surface area contributed by atoms with Gasteiger partial charge in [-0.2, -0.15) is 0 Å². The normalized spacial score (nSPS) is 28.3. The Morgan fingerprint density at radius 1 is 1.12 bits per heavy atom. The second-order valence-electron chi connectivity index (χ2n) is 5.86. The Morgan fingerprint density at radius 3 is 2.38 bits per heavy atom. The van der Waals surface area contributed by atoms with Crippen molar-refractivity contribution in [3.63, 3.8) is 0 Å². The molecule has 0 aromatic carbocycles. The van der Waals surface area contributed by atoms with Gasteiger partial charge in [-0.05, 0) is 37.5 Å². The average Bonchev–Trinajstić information content (AvgIpc) is 2.29. The Labute approximate surface area is 102 Å². The third-order valence-electron chi connectivity index (χ3n) is 4.26. The highest BCUT2D eigenvalue weighted by molar-refractivity contribution is 4.85. The minimum Gasteiger partial charge on any atom is -0.311 e. The molecule has 1 rings (SSSR count). The smallest absolute Gasteiger partial charge is 0.0100 e. The molecule has 0 heterocycles. The molecule has 0 saturated heterocycles. The molecule has 16 heavy (non-hydrogen) atoms. The first kappa shape index (κ1) is 14.0. The fraction of sp³-hybridized carbons (Fsp3) is 1.00. The van der Waals surface area contributed by atoms with Crippen molar-refractivity contribution in [3.8, 4) is 0 Å². The van der Waals surface area contributed by atoms with Crippen LogP contribution in [-0.2, 0) is 0 Å². The summed E-state index contributed by atoms with van der Waals surface area (Å²) in [6.45, 7) is 9.41. The Balaban J connectivity index is 2.47. The van der Waals surface area contributed by atoms with Crippen LogP contribution in [0.2, 0.25) is 0 Å². The second kappa shape index (κ2) is 7.32. The van der Waals surface area contributed by atoms with Crippen molar-refractivity contribution in [1.29, 1.82) is 0 Å². The summed E-state index contributed by atoms with van der Waals surface area (Å²) in [5, 5.41) is 3.94. The number of rotatable bonds is 6. The molecule has 0 amide bonds. The molecule has 3 unspecified atom stereocenters.